The summed E-state index contributed by atoms with van der Waals surface area (Å²) in [6.07, 6.45) is 0. The number of hydrogen-bond donors (Lipinski definition) is 0. The average Bonchev–Trinajstić information content (AvgIpc) is 2.80. The minimum Gasteiger partial charge on any atom is -0.307 e. The zero-order chi connectivity index (χ0) is 23.1. The van der Waals surface area contributed by atoms with Crippen molar-refractivity contribution in [3.63, 3.8) is 0 Å². The van der Waals surface area contributed by atoms with Crippen molar-refractivity contribution in [3.05, 3.63) is 99.7 Å². The molecule has 1 unspecified atom stereocenters. The highest BCUT2D eigenvalue weighted by molar-refractivity contribution is 8.14. The Morgan fingerprint density at radius 1 is 0.812 bits per heavy atom. The van der Waals surface area contributed by atoms with E-state index in [0.29, 0.717) is 5.75 Å². The molecule has 0 aromatic heterocycles. The first-order valence-corrected chi connectivity index (χ1v) is 13.7. The topological polar surface area (TPSA) is 51.5 Å². The normalized spacial score (nSPS) is 13.8. The van der Waals surface area contributed by atoms with Crippen LogP contribution in [-0.2, 0) is 21.1 Å². The molecule has 4 nitrogen and oxygen atoms in total. The lowest BCUT2D eigenvalue weighted by Gasteiger charge is -2.32. The highest BCUT2D eigenvalue weighted by Gasteiger charge is 2.28. The van der Waals surface area contributed by atoms with Crippen LogP contribution in [0, 0.1) is 13.8 Å². The minimum atomic E-state index is -3.78. The molecule has 0 N–H and O–H groups in total. The van der Waals surface area contributed by atoms with Crippen molar-refractivity contribution >= 4 is 21.1 Å². The fourth-order valence-electron chi connectivity index (χ4n) is 3.64. The van der Waals surface area contributed by atoms with Gasteiger partial charge in [0.05, 0.1) is 10.9 Å². The van der Waals surface area contributed by atoms with Gasteiger partial charge in [-0.05, 0) is 67.8 Å². The first-order valence-electron chi connectivity index (χ1n) is 11.0. The third kappa shape index (κ3) is 6.23. The van der Waals surface area contributed by atoms with Crippen molar-refractivity contribution < 1.29 is 8.42 Å². The number of nitrogens with zero attached hydrogens (tertiary/aromatic N) is 2. The molecule has 0 aliphatic carbocycles. The predicted octanol–water partition coefficient (Wildman–Crippen LogP) is 6.04. The molecule has 3 aromatic carbocycles. The van der Waals surface area contributed by atoms with Gasteiger partial charge in [0.1, 0.15) is 20.7 Å². The maximum absolute atomic E-state index is 13.2. The first kappa shape index (κ1) is 24.5. The van der Waals surface area contributed by atoms with Gasteiger partial charge >= 0.3 is 0 Å². The van der Waals surface area contributed by atoms with E-state index < -0.39 is 21.1 Å². The molecular formula is C26H32N2O2S2. The monoisotopic (exact) mass is 468 g/mol. The van der Waals surface area contributed by atoms with E-state index >= 15 is 0 Å². The van der Waals surface area contributed by atoms with Crippen LogP contribution < -0.4 is 0 Å². The van der Waals surface area contributed by atoms with Gasteiger partial charge in [-0.25, -0.2) is 8.42 Å². The van der Waals surface area contributed by atoms with E-state index in [9.17, 15) is 8.42 Å². The summed E-state index contributed by atoms with van der Waals surface area (Å²) in [6, 6.07) is 25.4. The molecule has 2 atom stereocenters. The summed E-state index contributed by atoms with van der Waals surface area (Å²) in [4.78, 5) is 3.56. The third-order valence-corrected chi connectivity index (χ3v) is 9.37. The molecular weight excluding hydrogens is 436 g/mol. The predicted molar refractivity (Wildman–Crippen MR) is 136 cm³/mol. The molecule has 0 amide bonds. The summed E-state index contributed by atoms with van der Waals surface area (Å²) in [5.74, 6) is 0.611. The van der Waals surface area contributed by atoms with Crippen molar-refractivity contribution in [3.8, 4) is 0 Å². The minimum absolute atomic E-state index is 0.0767. The molecule has 3 rings (SSSR count). The van der Waals surface area contributed by atoms with Gasteiger partial charge in [0, 0.05) is 0 Å². The molecule has 0 heterocycles. The van der Waals surface area contributed by atoms with Crippen molar-refractivity contribution in [2.45, 2.75) is 43.5 Å². The Labute approximate surface area is 196 Å². The Kier molecular flexibility index (Phi) is 8.54. The summed E-state index contributed by atoms with van der Waals surface area (Å²) in [5, 5.41) is 0. The van der Waals surface area contributed by atoms with Crippen LogP contribution in [0.15, 0.2) is 88.7 Å². The summed E-state index contributed by atoms with van der Waals surface area (Å²) in [6.45, 7) is 10.0. The van der Waals surface area contributed by atoms with Crippen molar-refractivity contribution in [2.24, 2.45) is 0 Å². The highest BCUT2D eigenvalue weighted by atomic mass is 32.3. The van der Waals surface area contributed by atoms with Crippen LogP contribution in [0.2, 0.25) is 0 Å². The third-order valence-electron chi connectivity index (χ3n) is 5.55. The van der Waals surface area contributed by atoms with Crippen LogP contribution >= 0.6 is 0 Å². The maximum Gasteiger partial charge on any atom is 0.143 e. The molecule has 0 spiro atoms. The maximum atomic E-state index is 13.2. The summed E-state index contributed by atoms with van der Waals surface area (Å²) >= 11 is -0.830. The second kappa shape index (κ2) is 11.1. The molecule has 0 aliphatic rings. The van der Waals surface area contributed by atoms with E-state index in [-0.39, 0.29) is 10.9 Å². The first-order chi connectivity index (χ1) is 15.3. The highest BCUT2D eigenvalue weighted by Crippen LogP contribution is 2.33. The van der Waals surface area contributed by atoms with E-state index in [2.05, 4.69) is 35.0 Å². The van der Waals surface area contributed by atoms with Crippen molar-refractivity contribution in [1.82, 2.24) is 4.90 Å². The van der Waals surface area contributed by atoms with Crippen LogP contribution in [0.4, 0.5) is 0 Å². The fraction of sp³-hybridized carbons (Fsp3) is 0.308. The second-order valence-electron chi connectivity index (χ2n) is 7.85. The lowest BCUT2D eigenvalue weighted by molar-refractivity contribution is 0.238. The zero-order valence-electron chi connectivity index (χ0n) is 19.2. The molecule has 0 saturated carbocycles. The van der Waals surface area contributed by atoms with Gasteiger partial charge in [0.15, 0.2) is 0 Å². The van der Waals surface area contributed by atoms with Gasteiger partial charge in [-0.3, -0.25) is 4.90 Å². The number of sulfonamides is 1. The lowest BCUT2D eigenvalue weighted by Crippen LogP contribution is -2.33. The Balaban J connectivity index is 1.99. The molecule has 170 valence electrons. The van der Waals surface area contributed by atoms with Gasteiger partial charge in [-0.1, -0.05) is 79.6 Å². The Bertz CT molecular complexity index is 1080. The Morgan fingerprint density at radius 2 is 1.34 bits per heavy atom. The van der Waals surface area contributed by atoms with Crippen molar-refractivity contribution in [2.75, 3.05) is 18.8 Å². The van der Waals surface area contributed by atoms with Crippen LogP contribution in [-0.4, -0.2) is 32.2 Å². The van der Waals surface area contributed by atoms with Crippen LogP contribution in [0.3, 0.4) is 0 Å². The average molecular weight is 469 g/mol. The SMILES string of the molecule is CCN(CC)[C@H](C[S+]([N-]S(=O)(=O)c1ccc(C)cc1)c1ccc(C)cc1)c1ccccc1. The van der Waals surface area contributed by atoms with Gasteiger partial charge in [0.25, 0.3) is 0 Å². The lowest BCUT2D eigenvalue weighted by atomic mass is 10.1. The van der Waals surface area contributed by atoms with Crippen LogP contribution in [0.5, 0.6) is 0 Å². The molecule has 0 bridgehead atoms. The van der Waals surface area contributed by atoms with Crippen LogP contribution in [0.25, 0.3) is 4.13 Å². The largest absolute Gasteiger partial charge is 0.307 e. The molecule has 0 fully saturated rings. The number of rotatable bonds is 10. The second-order valence-corrected chi connectivity index (χ2v) is 11.4. The quantitative estimate of drug-likeness (QED) is 0.341. The standard InChI is InChI=1S/C26H32N2O2S2/c1-5-28(6-2)26(23-10-8-7-9-11-23)20-31(24-16-12-21(3)13-17-24)27-32(29,30)25-18-14-22(4)15-19-25/h7-19,26H,5-6,20H2,1-4H3/t26-,31?/m1/s1. The van der Waals surface area contributed by atoms with E-state index in [4.69, 9.17) is 0 Å². The molecule has 0 aliphatic heterocycles. The van der Waals surface area contributed by atoms with E-state index in [1.165, 1.54) is 5.56 Å². The summed E-state index contributed by atoms with van der Waals surface area (Å²) in [5.41, 5.74) is 3.35. The summed E-state index contributed by atoms with van der Waals surface area (Å²) in [7, 11) is -3.78. The van der Waals surface area contributed by atoms with E-state index in [0.717, 1.165) is 29.1 Å². The number of aryl methyl sites for hydroxylation is 2. The van der Waals surface area contributed by atoms with E-state index in [1.54, 1.807) is 12.1 Å². The smallest absolute Gasteiger partial charge is 0.143 e. The molecule has 32 heavy (non-hydrogen) atoms. The molecule has 0 saturated heterocycles. The number of benzene rings is 3. The van der Waals surface area contributed by atoms with Gasteiger partial charge in [-0.2, -0.15) is 0 Å². The van der Waals surface area contributed by atoms with Crippen LogP contribution in [0.1, 0.15) is 36.6 Å². The van der Waals surface area contributed by atoms with Gasteiger partial charge in [-0.15, -0.1) is 0 Å². The molecule has 3 aromatic rings. The van der Waals surface area contributed by atoms with Gasteiger partial charge < -0.3 is 4.13 Å². The van der Waals surface area contributed by atoms with E-state index in [1.807, 2.05) is 68.4 Å². The molecule has 0 radical (unpaired) electrons. The number of hydrogen-bond acceptors (Lipinski definition) is 3. The zero-order valence-corrected chi connectivity index (χ0v) is 20.9. The fourth-order valence-corrected chi connectivity index (χ4v) is 7.34. The molecule has 6 heteroatoms. The Morgan fingerprint density at radius 3 is 1.88 bits per heavy atom. The van der Waals surface area contributed by atoms with Gasteiger partial charge in [0.2, 0.25) is 0 Å². The van der Waals surface area contributed by atoms with Crippen molar-refractivity contribution in [1.29, 1.82) is 0 Å². The Hall–Kier alpha value is -2.12. The summed E-state index contributed by atoms with van der Waals surface area (Å²) < 4.78 is 31.0.